The summed E-state index contributed by atoms with van der Waals surface area (Å²) in [6.07, 6.45) is 4.63. The van der Waals surface area contributed by atoms with E-state index >= 15 is 0 Å². The summed E-state index contributed by atoms with van der Waals surface area (Å²) >= 11 is 0. The van der Waals surface area contributed by atoms with Crippen molar-refractivity contribution in [3.63, 3.8) is 0 Å². The van der Waals surface area contributed by atoms with Crippen LogP contribution >= 0.6 is 21.6 Å². The second-order valence-electron chi connectivity index (χ2n) is 10.3. The van der Waals surface area contributed by atoms with Crippen LogP contribution in [-0.2, 0) is 17.6 Å². The van der Waals surface area contributed by atoms with E-state index in [1.54, 1.807) is 50.7 Å². The van der Waals surface area contributed by atoms with Crippen molar-refractivity contribution in [2.75, 3.05) is 17.7 Å². The van der Waals surface area contributed by atoms with Gasteiger partial charge in [0, 0.05) is 30.4 Å². The normalized spacial score (nSPS) is 13.6. The van der Waals surface area contributed by atoms with E-state index in [2.05, 4.69) is 22.4 Å². The molecule has 226 valence electrons. The predicted octanol–water partition coefficient (Wildman–Crippen LogP) is 7.04. The summed E-state index contributed by atoms with van der Waals surface area (Å²) in [6, 6.07) is 32.5. The van der Waals surface area contributed by atoms with Crippen molar-refractivity contribution >= 4 is 39.5 Å². The highest BCUT2D eigenvalue weighted by atomic mass is 33.1. The van der Waals surface area contributed by atoms with Crippen LogP contribution in [0.4, 0.5) is 10.6 Å². The van der Waals surface area contributed by atoms with Crippen LogP contribution in [0.1, 0.15) is 28.0 Å². The number of hydrogen-bond acceptors (Lipinski definition) is 9. The molecule has 3 heterocycles. The third-order valence-electron chi connectivity index (χ3n) is 7.09. The quantitative estimate of drug-likeness (QED) is 0.0509. The molecule has 0 amide bonds. The number of carbonyl (C=O) groups excluding carboxylic acids is 2. The molecule has 6 rings (SSSR count). The highest BCUT2D eigenvalue weighted by Gasteiger charge is 2.41. The number of ether oxygens (including phenoxy) is 2. The monoisotopic (exact) mass is 635 g/mol. The fraction of sp³-hybridized carbons (Fsp3) is 0.171. The van der Waals surface area contributed by atoms with Gasteiger partial charge in [0.25, 0.3) is 0 Å². The molecule has 5 aromatic rings. The zero-order valence-corrected chi connectivity index (χ0v) is 26.0. The SMILES string of the molecule is O=C(OCCCSSc1ccccn1)Oc1ccc(-c2c[n+]3c(c(Cc4ccccc4)n2)NC(Cc2ccccc2)C3=O)cc1. The molecule has 1 aliphatic heterocycles. The van der Waals surface area contributed by atoms with Crippen LogP contribution in [-0.4, -0.2) is 40.4 Å². The Morgan fingerprint density at radius 1 is 0.889 bits per heavy atom. The van der Waals surface area contributed by atoms with E-state index in [-0.39, 0.29) is 18.6 Å². The van der Waals surface area contributed by atoms with Crippen LogP contribution in [0.5, 0.6) is 5.75 Å². The van der Waals surface area contributed by atoms with Crippen molar-refractivity contribution in [1.82, 2.24) is 9.97 Å². The Hall–Kier alpha value is -4.67. The zero-order valence-electron chi connectivity index (χ0n) is 24.4. The molecule has 0 spiro atoms. The maximum absolute atomic E-state index is 13.6. The Kier molecular flexibility index (Phi) is 10.0. The van der Waals surface area contributed by atoms with Gasteiger partial charge in [-0.15, -0.1) is 0 Å². The van der Waals surface area contributed by atoms with Crippen molar-refractivity contribution in [2.45, 2.75) is 30.3 Å². The first-order valence-electron chi connectivity index (χ1n) is 14.6. The van der Waals surface area contributed by atoms with E-state index in [0.717, 1.165) is 33.2 Å². The maximum Gasteiger partial charge on any atom is 0.513 e. The molecule has 1 aliphatic rings. The summed E-state index contributed by atoms with van der Waals surface area (Å²) in [5, 5.41) is 4.39. The molecule has 1 atom stereocenters. The summed E-state index contributed by atoms with van der Waals surface area (Å²) in [4.78, 5) is 35.1. The van der Waals surface area contributed by atoms with Gasteiger partial charge in [0.05, 0.1) is 6.61 Å². The third-order valence-corrected chi connectivity index (χ3v) is 9.44. The Bertz CT molecular complexity index is 1740. The summed E-state index contributed by atoms with van der Waals surface area (Å²) < 4.78 is 12.3. The van der Waals surface area contributed by atoms with E-state index in [1.165, 1.54) is 0 Å². The van der Waals surface area contributed by atoms with Crippen LogP contribution in [0.25, 0.3) is 11.3 Å². The second-order valence-corrected chi connectivity index (χ2v) is 12.8. The molecule has 0 aliphatic carbocycles. The largest absolute Gasteiger partial charge is 0.513 e. The van der Waals surface area contributed by atoms with Crippen molar-refractivity contribution in [1.29, 1.82) is 0 Å². The number of rotatable bonds is 12. The second kappa shape index (κ2) is 14.9. The average Bonchev–Trinajstić information content (AvgIpc) is 3.39. The van der Waals surface area contributed by atoms with E-state index in [4.69, 9.17) is 14.5 Å². The van der Waals surface area contributed by atoms with Gasteiger partial charge in [-0.1, -0.05) is 77.5 Å². The van der Waals surface area contributed by atoms with E-state index < -0.39 is 6.16 Å². The van der Waals surface area contributed by atoms with Crippen molar-refractivity contribution < 1.29 is 23.6 Å². The molecular weight excluding hydrogens is 605 g/mol. The highest BCUT2D eigenvalue weighted by molar-refractivity contribution is 8.76. The fourth-order valence-corrected chi connectivity index (χ4v) is 6.84. The molecule has 0 saturated carbocycles. The number of pyridine rings is 1. The van der Waals surface area contributed by atoms with Crippen LogP contribution in [0.3, 0.4) is 0 Å². The van der Waals surface area contributed by atoms with Gasteiger partial charge in [-0.3, -0.25) is 5.32 Å². The molecule has 0 bridgehead atoms. The van der Waals surface area contributed by atoms with Gasteiger partial charge >= 0.3 is 17.9 Å². The molecule has 2 aromatic heterocycles. The lowest BCUT2D eigenvalue weighted by molar-refractivity contribution is -0.552. The third kappa shape index (κ3) is 8.09. The first kappa shape index (κ1) is 30.4. The Morgan fingerprint density at radius 3 is 2.36 bits per heavy atom. The van der Waals surface area contributed by atoms with E-state index in [1.807, 2.05) is 78.9 Å². The predicted molar refractivity (Wildman–Crippen MR) is 176 cm³/mol. The zero-order chi connectivity index (χ0) is 30.8. The van der Waals surface area contributed by atoms with Gasteiger partial charge in [0.15, 0.2) is 6.04 Å². The number of carbonyl (C=O) groups is 2. The smallest absolute Gasteiger partial charge is 0.434 e. The molecule has 3 aromatic carbocycles. The molecule has 0 radical (unpaired) electrons. The number of benzene rings is 3. The Balaban J connectivity index is 1.10. The van der Waals surface area contributed by atoms with Crippen LogP contribution in [0.15, 0.2) is 121 Å². The molecule has 1 N–H and O–H groups in total. The van der Waals surface area contributed by atoms with Gasteiger partial charge in [-0.25, -0.2) is 19.6 Å². The molecular formula is C35H31N4O4S2+. The van der Waals surface area contributed by atoms with Crippen molar-refractivity contribution in [2.24, 2.45) is 0 Å². The molecule has 1 unspecified atom stereocenters. The lowest BCUT2D eigenvalue weighted by Gasteiger charge is -2.09. The highest BCUT2D eigenvalue weighted by Crippen LogP contribution is 2.29. The first-order chi connectivity index (χ1) is 22.1. The summed E-state index contributed by atoms with van der Waals surface area (Å²) in [7, 11) is 3.25. The summed E-state index contributed by atoms with van der Waals surface area (Å²) in [5.74, 6) is 1.86. The molecule has 0 saturated heterocycles. The number of nitrogens with one attached hydrogen (secondary N) is 1. The first-order valence-corrected chi connectivity index (χ1v) is 16.9. The summed E-state index contributed by atoms with van der Waals surface area (Å²) in [6.45, 7) is 0.264. The minimum Gasteiger partial charge on any atom is -0.434 e. The molecule has 45 heavy (non-hydrogen) atoms. The maximum atomic E-state index is 13.6. The van der Waals surface area contributed by atoms with Crippen LogP contribution in [0, 0.1) is 0 Å². The standard InChI is InChI=1S/C35H30N4O4S2/c40-34-30(23-26-12-5-2-6-13-26)38-33-29(22-25-10-3-1-4-11-25)37-31(24-39(33)34)27-15-17-28(18-16-27)43-35(41)42-20-9-21-44-45-32-14-7-8-19-36-32/h1-8,10-19,24,30H,9,20-23H2/p+1. The van der Waals surface area contributed by atoms with Gasteiger partial charge in [0.1, 0.15) is 28.4 Å². The van der Waals surface area contributed by atoms with E-state index in [9.17, 15) is 9.59 Å². The van der Waals surface area contributed by atoms with Gasteiger partial charge < -0.3 is 9.47 Å². The average molecular weight is 636 g/mol. The van der Waals surface area contributed by atoms with Crippen LogP contribution < -0.4 is 14.6 Å². The van der Waals surface area contributed by atoms with Gasteiger partial charge in [-0.2, -0.15) is 4.57 Å². The fourth-order valence-electron chi connectivity index (χ4n) is 4.91. The minimum absolute atomic E-state index is 0.0248. The topological polar surface area (TPSA) is 94.3 Å². The number of anilines is 1. The van der Waals surface area contributed by atoms with Gasteiger partial charge in [0.2, 0.25) is 0 Å². The lowest BCUT2D eigenvalue weighted by atomic mass is 10.1. The molecule has 8 nitrogen and oxygen atoms in total. The van der Waals surface area contributed by atoms with Crippen LogP contribution in [0.2, 0.25) is 0 Å². The minimum atomic E-state index is -0.748. The van der Waals surface area contributed by atoms with E-state index in [0.29, 0.717) is 36.5 Å². The number of nitrogens with zero attached hydrogens (tertiary/aromatic N) is 3. The summed E-state index contributed by atoms with van der Waals surface area (Å²) in [5.41, 5.74) is 4.40. The van der Waals surface area contributed by atoms with Gasteiger partial charge in [-0.05, 0) is 64.7 Å². The molecule has 0 fully saturated rings. The number of hydrogen-bond donors (Lipinski definition) is 1. The van der Waals surface area contributed by atoms with Crippen molar-refractivity contribution in [3.05, 3.63) is 132 Å². The number of aromatic nitrogens is 3. The molecule has 10 heteroatoms. The Morgan fingerprint density at radius 2 is 1.62 bits per heavy atom. The lowest BCUT2D eigenvalue weighted by Crippen LogP contribution is -2.44. The van der Waals surface area contributed by atoms with Crippen molar-refractivity contribution in [3.8, 4) is 17.0 Å². The number of fused-ring (bicyclic) bond motifs is 1. The Labute approximate surface area is 269 Å².